The van der Waals surface area contributed by atoms with Gasteiger partial charge in [0, 0.05) is 20.3 Å². The van der Waals surface area contributed by atoms with E-state index in [1.54, 1.807) is 12.3 Å². The monoisotopic (exact) mass is 284 g/mol. The number of aromatic nitrogens is 1. The molecule has 1 aromatic carbocycles. The van der Waals surface area contributed by atoms with Crippen molar-refractivity contribution < 1.29 is 4.79 Å². The molecule has 5 nitrogen and oxygen atoms in total. The van der Waals surface area contributed by atoms with Crippen LogP contribution in [-0.4, -0.2) is 31.0 Å². The molecule has 0 aliphatic rings. The minimum Gasteiger partial charge on any atom is -0.361 e. The molecule has 1 atom stereocenters. The number of hydrogen-bond donors (Lipinski definition) is 2. The van der Waals surface area contributed by atoms with Crippen LogP contribution < -0.4 is 16.0 Å². The first kappa shape index (κ1) is 15.0. The van der Waals surface area contributed by atoms with E-state index in [-0.39, 0.29) is 5.91 Å². The predicted octanol–water partition coefficient (Wildman–Crippen LogP) is 1.66. The zero-order valence-electron chi connectivity index (χ0n) is 12.3. The van der Waals surface area contributed by atoms with Crippen LogP contribution in [0, 0.1) is 0 Å². The molecular formula is C16H20N4O. The Balaban J connectivity index is 2.04. The van der Waals surface area contributed by atoms with Gasteiger partial charge in [0.1, 0.15) is 0 Å². The van der Waals surface area contributed by atoms with Gasteiger partial charge in [0.15, 0.2) is 5.82 Å². The average Bonchev–Trinajstić information content (AvgIpc) is 2.48. The van der Waals surface area contributed by atoms with Gasteiger partial charge in [-0.3, -0.25) is 4.79 Å². The largest absolute Gasteiger partial charge is 0.361 e. The maximum absolute atomic E-state index is 12.2. The molecule has 0 fully saturated rings. The topological polar surface area (TPSA) is 71.2 Å². The maximum Gasteiger partial charge on any atom is 0.241 e. The van der Waals surface area contributed by atoms with E-state index in [1.807, 2.05) is 55.4 Å². The molecule has 1 aromatic heterocycles. The van der Waals surface area contributed by atoms with E-state index in [9.17, 15) is 4.79 Å². The summed E-state index contributed by atoms with van der Waals surface area (Å²) < 4.78 is 0. The van der Waals surface area contributed by atoms with Gasteiger partial charge in [0.25, 0.3) is 0 Å². The number of nitrogens with two attached hydrogens (primary N) is 1. The Morgan fingerprint density at radius 3 is 2.62 bits per heavy atom. The van der Waals surface area contributed by atoms with Crippen LogP contribution in [0.4, 0.5) is 11.5 Å². The van der Waals surface area contributed by atoms with E-state index in [0.29, 0.717) is 17.9 Å². The number of anilines is 2. The lowest BCUT2D eigenvalue weighted by Gasteiger charge is -2.18. The van der Waals surface area contributed by atoms with Crippen LogP contribution in [0.15, 0.2) is 48.7 Å². The van der Waals surface area contributed by atoms with E-state index in [1.165, 1.54) is 0 Å². The Kier molecular flexibility index (Phi) is 4.90. The minimum absolute atomic E-state index is 0.213. The van der Waals surface area contributed by atoms with Crippen molar-refractivity contribution in [2.45, 2.75) is 12.5 Å². The normalized spacial score (nSPS) is 11.8. The standard InChI is InChI=1S/C16H20N4O/c1-20(2)15-14(9-6-10-18-15)19-16(21)13(17)11-12-7-4-3-5-8-12/h3-10,13H,11,17H2,1-2H3,(H,19,21)/t13-/m0/s1. The second kappa shape index (κ2) is 6.85. The van der Waals surface area contributed by atoms with E-state index in [0.717, 1.165) is 5.56 Å². The number of nitrogens with zero attached hydrogens (tertiary/aromatic N) is 2. The summed E-state index contributed by atoms with van der Waals surface area (Å²) in [4.78, 5) is 18.3. The van der Waals surface area contributed by atoms with Crippen LogP contribution in [0.2, 0.25) is 0 Å². The van der Waals surface area contributed by atoms with Crippen LogP contribution in [0.3, 0.4) is 0 Å². The molecule has 0 saturated heterocycles. The third kappa shape index (κ3) is 4.03. The minimum atomic E-state index is -0.595. The number of benzene rings is 1. The lowest BCUT2D eigenvalue weighted by molar-refractivity contribution is -0.117. The molecule has 21 heavy (non-hydrogen) atoms. The number of nitrogens with one attached hydrogen (secondary N) is 1. The summed E-state index contributed by atoms with van der Waals surface area (Å²) in [5.41, 5.74) is 7.68. The summed E-state index contributed by atoms with van der Waals surface area (Å²) in [6.07, 6.45) is 2.19. The van der Waals surface area contributed by atoms with Crippen molar-refractivity contribution >= 4 is 17.4 Å². The van der Waals surface area contributed by atoms with Gasteiger partial charge in [-0.1, -0.05) is 30.3 Å². The highest BCUT2D eigenvalue weighted by atomic mass is 16.2. The first-order valence-corrected chi connectivity index (χ1v) is 6.80. The first-order chi connectivity index (χ1) is 10.1. The number of amides is 1. The van der Waals surface area contributed by atoms with Crippen molar-refractivity contribution in [3.05, 3.63) is 54.2 Å². The second-order valence-electron chi connectivity index (χ2n) is 5.05. The summed E-state index contributed by atoms with van der Waals surface area (Å²) in [5.74, 6) is 0.493. The highest BCUT2D eigenvalue weighted by molar-refractivity contribution is 5.97. The predicted molar refractivity (Wildman–Crippen MR) is 85.3 cm³/mol. The molecule has 5 heteroatoms. The van der Waals surface area contributed by atoms with Crippen LogP contribution >= 0.6 is 0 Å². The first-order valence-electron chi connectivity index (χ1n) is 6.80. The van der Waals surface area contributed by atoms with Crippen molar-refractivity contribution in [1.82, 2.24) is 4.98 Å². The van der Waals surface area contributed by atoms with Crippen molar-refractivity contribution in [3.63, 3.8) is 0 Å². The fraction of sp³-hybridized carbons (Fsp3) is 0.250. The molecule has 0 unspecified atom stereocenters. The van der Waals surface area contributed by atoms with Crippen LogP contribution in [0.25, 0.3) is 0 Å². The van der Waals surface area contributed by atoms with Gasteiger partial charge < -0.3 is 16.0 Å². The summed E-state index contributed by atoms with van der Waals surface area (Å²) in [5, 5.41) is 2.84. The number of rotatable bonds is 5. The summed E-state index contributed by atoms with van der Waals surface area (Å²) in [7, 11) is 3.75. The molecule has 1 heterocycles. The Morgan fingerprint density at radius 2 is 1.95 bits per heavy atom. The van der Waals surface area contributed by atoms with E-state index in [4.69, 9.17) is 5.73 Å². The fourth-order valence-electron chi connectivity index (χ4n) is 2.04. The maximum atomic E-state index is 12.2. The fourth-order valence-corrected chi connectivity index (χ4v) is 2.04. The van der Waals surface area contributed by atoms with Crippen LogP contribution in [0.5, 0.6) is 0 Å². The number of hydrogen-bond acceptors (Lipinski definition) is 4. The van der Waals surface area contributed by atoms with Crippen LogP contribution in [-0.2, 0) is 11.2 Å². The number of pyridine rings is 1. The van der Waals surface area contributed by atoms with Crippen molar-refractivity contribution in [3.8, 4) is 0 Å². The molecule has 0 aliphatic heterocycles. The highest BCUT2D eigenvalue weighted by Crippen LogP contribution is 2.20. The molecule has 0 bridgehead atoms. The van der Waals surface area contributed by atoms with Gasteiger partial charge in [-0.25, -0.2) is 4.98 Å². The molecular weight excluding hydrogens is 264 g/mol. The Hall–Kier alpha value is -2.40. The quantitative estimate of drug-likeness (QED) is 0.876. The zero-order valence-corrected chi connectivity index (χ0v) is 12.3. The van der Waals surface area contributed by atoms with Gasteiger partial charge in [-0.15, -0.1) is 0 Å². The van der Waals surface area contributed by atoms with E-state index < -0.39 is 6.04 Å². The summed E-state index contributed by atoms with van der Waals surface area (Å²) >= 11 is 0. The third-order valence-corrected chi connectivity index (χ3v) is 3.10. The van der Waals surface area contributed by atoms with Crippen molar-refractivity contribution in [1.29, 1.82) is 0 Å². The molecule has 2 aromatic rings. The molecule has 0 spiro atoms. The van der Waals surface area contributed by atoms with Crippen molar-refractivity contribution in [2.75, 3.05) is 24.3 Å². The molecule has 2 rings (SSSR count). The van der Waals surface area contributed by atoms with Gasteiger partial charge in [0.05, 0.1) is 11.7 Å². The smallest absolute Gasteiger partial charge is 0.241 e. The Labute approximate surface area is 124 Å². The zero-order chi connectivity index (χ0) is 15.2. The average molecular weight is 284 g/mol. The lowest BCUT2D eigenvalue weighted by Crippen LogP contribution is -2.37. The second-order valence-corrected chi connectivity index (χ2v) is 5.05. The Morgan fingerprint density at radius 1 is 1.24 bits per heavy atom. The van der Waals surface area contributed by atoms with Gasteiger partial charge >= 0.3 is 0 Å². The van der Waals surface area contributed by atoms with Crippen LogP contribution in [0.1, 0.15) is 5.56 Å². The number of carbonyl (C=O) groups excluding carboxylic acids is 1. The SMILES string of the molecule is CN(C)c1ncccc1NC(=O)[C@@H](N)Cc1ccccc1. The number of carbonyl (C=O) groups is 1. The van der Waals surface area contributed by atoms with Gasteiger partial charge in [-0.2, -0.15) is 0 Å². The van der Waals surface area contributed by atoms with Gasteiger partial charge in [0.2, 0.25) is 5.91 Å². The van der Waals surface area contributed by atoms with E-state index in [2.05, 4.69) is 10.3 Å². The van der Waals surface area contributed by atoms with Gasteiger partial charge in [-0.05, 0) is 24.1 Å². The molecule has 0 saturated carbocycles. The molecule has 0 radical (unpaired) electrons. The summed E-state index contributed by atoms with van der Waals surface area (Å²) in [6, 6.07) is 12.7. The van der Waals surface area contributed by atoms with Crippen molar-refractivity contribution in [2.24, 2.45) is 5.73 Å². The summed E-state index contributed by atoms with van der Waals surface area (Å²) in [6.45, 7) is 0. The Bertz CT molecular complexity index is 598. The molecule has 0 aliphatic carbocycles. The molecule has 3 N–H and O–H groups in total. The molecule has 110 valence electrons. The molecule has 1 amide bonds. The van der Waals surface area contributed by atoms with E-state index >= 15 is 0 Å². The third-order valence-electron chi connectivity index (χ3n) is 3.10. The lowest BCUT2D eigenvalue weighted by atomic mass is 10.1. The highest BCUT2D eigenvalue weighted by Gasteiger charge is 2.16.